The maximum atomic E-state index is 11.2. The van der Waals surface area contributed by atoms with Crippen molar-refractivity contribution in [3.05, 3.63) is 181 Å². The minimum absolute atomic E-state index is 0.403. The third kappa shape index (κ3) is 3.92. The van der Waals surface area contributed by atoms with E-state index in [1.54, 1.807) is 0 Å². The van der Waals surface area contributed by atoms with Crippen molar-refractivity contribution in [2.45, 2.75) is 0 Å². The van der Waals surface area contributed by atoms with Crippen LogP contribution < -0.4 is 0 Å². The van der Waals surface area contributed by atoms with Crippen LogP contribution in [-0.4, -0.2) is 13.7 Å². The number of benzene rings is 8. The van der Waals surface area contributed by atoms with Crippen LogP contribution in [0.5, 0.6) is 0 Å². The number of aromatic nitrogens is 3. The zero-order valence-corrected chi connectivity index (χ0v) is 29.7. The molecule has 0 bridgehead atoms. The second-order valence-electron chi connectivity index (χ2n) is 14.3. The second kappa shape index (κ2) is 11.2. The van der Waals surface area contributed by atoms with Crippen LogP contribution in [0.4, 0.5) is 5.69 Å². The molecule has 0 unspecified atom stereocenters. The van der Waals surface area contributed by atoms with Crippen molar-refractivity contribution < 1.29 is 4.42 Å². The molecule has 6 heteroatoms. The molecule has 8 aromatic carbocycles. The summed E-state index contributed by atoms with van der Waals surface area (Å²) in [6, 6.07) is 58.8. The average molecular weight is 714 g/mol. The summed E-state index contributed by atoms with van der Waals surface area (Å²) in [6.45, 7) is 8.39. The van der Waals surface area contributed by atoms with Crippen molar-refractivity contribution in [3.63, 3.8) is 0 Å². The Labute approximate surface area is 319 Å². The third-order valence-corrected chi connectivity index (χ3v) is 11.5. The van der Waals surface area contributed by atoms with Gasteiger partial charge in [-0.2, -0.15) is 5.26 Å². The van der Waals surface area contributed by atoms with Crippen LogP contribution in [0, 0.1) is 17.9 Å². The number of rotatable bonds is 3. The predicted octanol–water partition coefficient (Wildman–Crippen LogP) is 13.3. The summed E-state index contributed by atoms with van der Waals surface area (Å²) in [5.41, 5.74) is 10.8. The van der Waals surface area contributed by atoms with Gasteiger partial charge in [-0.25, -0.2) is 4.85 Å². The zero-order chi connectivity index (χ0) is 37.1. The van der Waals surface area contributed by atoms with E-state index in [0.717, 1.165) is 82.3 Å². The lowest BCUT2D eigenvalue weighted by molar-refractivity contribution is 0.673. The molecule has 258 valence electrons. The molecule has 6 nitrogen and oxygen atoms in total. The molecule has 0 spiro atoms. The Morgan fingerprint density at radius 2 is 1.04 bits per heavy atom. The summed E-state index contributed by atoms with van der Waals surface area (Å²) in [7, 11) is 0. The van der Waals surface area contributed by atoms with E-state index in [-0.39, 0.29) is 0 Å². The van der Waals surface area contributed by atoms with E-state index in [4.69, 9.17) is 11.0 Å². The summed E-state index contributed by atoms with van der Waals surface area (Å²) in [6.07, 6.45) is 0. The zero-order valence-electron chi connectivity index (χ0n) is 29.7. The molecular weight excluding hydrogens is 687 g/mol. The SMILES string of the molecule is [C-]#[N+]c1ccc(-n2c3ccccc3c3c4oc5ccccc5c4ccc32)c(C#N)c1-n1c2ccccc2c2cc(-n3c4ccccc4c4ccccc43)ccc21. The quantitative estimate of drug-likeness (QED) is 0.171. The largest absolute Gasteiger partial charge is 0.455 e. The van der Waals surface area contributed by atoms with Gasteiger partial charge in [0.25, 0.3) is 0 Å². The predicted molar refractivity (Wildman–Crippen MR) is 228 cm³/mol. The van der Waals surface area contributed by atoms with Crippen molar-refractivity contribution in [3.8, 4) is 23.1 Å². The van der Waals surface area contributed by atoms with Crippen LogP contribution in [0.1, 0.15) is 5.56 Å². The summed E-state index contributed by atoms with van der Waals surface area (Å²) < 4.78 is 13.1. The smallest absolute Gasteiger partial charge is 0.212 e. The van der Waals surface area contributed by atoms with Gasteiger partial charge in [0, 0.05) is 43.4 Å². The number of nitriles is 1. The van der Waals surface area contributed by atoms with Crippen LogP contribution >= 0.6 is 0 Å². The lowest BCUT2D eigenvalue weighted by Gasteiger charge is -2.17. The lowest BCUT2D eigenvalue weighted by Crippen LogP contribution is -2.04. The van der Waals surface area contributed by atoms with Gasteiger partial charge in [-0.3, -0.25) is 0 Å². The molecule has 0 N–H and O–H groups in total. The summed E-state index contributed by atoms with van der Waals surface area (Å²) in [4.78, 5) is 4.04. The molecule has 12 rings (SSSR count). The van der Waals surface area contributed by atoms with Crippen LogP contribution in [0.2, 0.25) is 0 Å². The number of para-hydroxylation sites is 5. The first-order valence-corrected chi connectivity index (χ1v) is 18.5. The lowest BCUT2D eigenvalue weighted by atomic mass is 10.1. The molecule has 0 amide bonds. The molecule has 12 aromatic rings. The van der Waals surface area contributed by atoms with Gasteiger partial charge in [0.05, 0.1) is 62.0 Å². The highest BCUT2D eigenvalue weighted by molar-refractivity contribution is 6.24. The molecular formula is C50H27N5O. The molecule has 0 radical (unpaired) electrons. The Bertz CT molecular complexity index is 3690. The van der Waals surface area contributed by atoms with E-state index in [1.807, 2.05) is 54.6 Å². The molecule has 0 aliphatic rings. The fourth-order valence-electron chi connectivity index (χ4n) is 9.22. The van der Waals surface area contributed by atoms with Gasteiger partial charge in [0.15, 0.2) is 0 Å². The maximum Gasteiger partial charge on any atom is 0.212 e. The topological polar surface area (TPSA) is 56.1 Å². The normalized spacial score (nSPS) is 11.9. The van der Waals surface area contributed by atoms with Crippen molar-refractivity contribution in [1.82, 2.24) is 13.7 Å². The molecule has 0 saturated heterocycles. The molecule has 0 aliphatic heterocycles. The van der Waals surface area contributed by atoms with Crippen LogP contribution in [0.3, 0.4) is 0 Å². The van der Waals surface area contributed by atoms with Gasteiger partial charge in [-0.1, -0.05) is 97.1 Å². The third-order valence-electron chi connectivity index (χ3n) is 11.5. The Balaban J connectivity index is 1.16. The van der Waals surface area contributed by atoms with E-state index in [0.29, 0.717) is 22.6 Å². The number of fused-ring (bicyclic) bond motifs is 13. The van der Waals surface area contributed by atoms with E-state index >= 15 is 0 Å². The van der Waals surface area contributed by atoms with Gasteiger partial charge >= 0.3 is 0 Å². The van der Waals surface area contributed by atoms with E-state index in [2.05, 4.69) is 134 Å². The number of furan rings is 1. The monoisotopic (exact) mass is 713 g/mol. The van der Waals surface area contributed by atoms with Crippen molar-refractivity contribution in [1.29, 1.82) is 5.26 Å². The Kier molecular flexibility index (Phi) is 6.10. The Hall–Kier alpha value is -8.06. The molecule has 0 atom stereocenters. The summed E-state index contributed by atoms with van der Waals surface area (Å²) in [5.74, 6) is 0. The fraction of sp³-hybridized carbons (Fsp3) is 0. The maximum absolute atomic E-state index is 11.2. The fourth-order valence-corrected chi connectivity index (χ4v) is 9.22. The van der Waals surface area contributed by atoms with Crippen LogP contribution in [-0.2, 0) is 0 Å². The number of hydrogen-bond acceptors (Lipinski definition) is 2. The second-order valence-corrected chi connectivity index (χ2v) is 14.3. The van der Waals surface area contributed by atoms with Crippen molar-refractivity contribution >= 4 is 93.0 Å². The van der Waals surface area contributed by atoms with Gasteiger partial charge in [-0.15, -0.1) is 0 Å². The van der Waals surface area contributed by atoms with E-state index < -0.39 is 0 Å². The summed E-state index contributed by atoms with van der Waals surface area (Å²) >= 11 is 0. The summed E-state index contributed by atoms with van der Waals surface area (Å²) in [5, 5.41) is 19.9. The first kappa shape index (κ1) is 30.4. The average Bonchev–Trinajstić information content (AvgIpc) is 3.99. The van der Waals surface area contributed by atoms with Gasteiger partial charge in [-0.05, 0) is 66.7 Å². The minimum atomic E-state index is 0.403. The number of hydrogen-bond donors (Lipinski definition) is 0. The van der Waals surface area contributed by atoms with Gasteiger partial charge in [0.1, 0.15) is 17.2 Å². The van der Waals surface area contributed by atoms with Crippen LogP contribution in [0.15, 0.2) is 168 Å². The molecule has 4 heterocycles. The highest BCUT2D eigenvalue weighted by atomic mass is 16.3. The molecule has 4 aromatic heterocycles. The van der Waals surface area contributed by atoms with E-state index in [9.17, 15) is 5.26 Å². The van der Waals surface area contributed by atoms with Crippen LogP contribution in [0.25, 0.3) is 109 Å². The highest BCUT2D eigenvalue weighted by Gasteiger charge is 2.25. The molecule has 0 aliphatic carbocycles. The number of nitrogens with zero attached hydrogens (tertiary/aromatic N) is 5. The first-order valence-electron chi connectivity index (χ1n) is 18.5. The van der Waals surface area contributed by atoms with Crippen molar-refractivity contribution in [2.75, 3.05) is 0 Å². The molecule has 0 fully saturated rings. The van der Waals surface area contributed by atoms with Gasteiger partial charge < -0.3 is 18.1 Å². The Morgan fingerprint density at radius 3 is 1.71 bits per heavy atom. The van der Waals surface area contributed by atoms with Gasteiger partial charge in [0.2, 0.25) is 5.69 Å². The first-order chi connectivity index (χ1) is 27.7. The Morgan fingerprint density at radius 1 is 0.482 bits per heavy atom. The highest BCUT2D eigenvalue weighted by Crippen LogP contribution is 2.44. The van der Waals surface area contributed by atoms with E-state index in [1.165, 1.54) is 10.8 Å². The minimum Gasteiger partial charge on any atom is -0.455 e. The standard InChI is InChI=1S/C50H27N5O/c1-52-39-24-27-45(54-43-20-10-5-16-36(43)48-46(54)26-23-35-34-15-6-11-21-47(34)56-50(35)48)38(29-51)49(39)55-42-19-9-4-14-33(42)37-28-30(22-25-44(37)55)53-40-17-7-2-12-31(40)32-13-3-8-18-41(32)53/h2-28H. The molecule has 0 saturated carbocycles. The molecule has 56 heavy (non-hydrogen) atoms. The van der Waals surface area contributed by atoms with Crippen molar-refractivity contribution in [2.24, 2.45) is 0 Å².